The fourth-order valence-corrected chi connectivity index (χ4v) is 0.877. The second kappa shape index (κ2) is 3.09. The SMILES string of the molecule is CCOC(C)C1(F)C=CN=N1. The average molecular weight is 158 g/mol. The fourth-order valence-electron chi connectivity index (χ4n) is 0.877. The maximum atomic E-state index is 13.4. The molecule has 1 rings (SSSR count). The number of azo groups is 1. The van der Waals surface area contributed by atoms with Crippen LogP contribution in [-0.2, 0) is 4.74 Å². The first-order valence-corrected chi connectivity index (χ1v) is 3.59. The lowest BCUT2D eigenvalue weighted by Gasteiger charge is -2.20. The number of halogens is 1. The van der Waals surface area contributed by atoms with Gasteiger partial charge in [0.15, 0.2) is 0 Å². The summed E-state index contributed by atoms with van der Waals surface area (Å²) in [5.41, 5.74) is 0. The summed E-state index contributed by atoms with van der Waals surface area (Å²) in [6, 6.07) is 0. The first-order chi connectivity index (χ1) is 5.19. The van der Waals surface area contributed by atoms with E-state index in [0.29, 0.717) is 6.61 Å². The Balaban J connectivity index is 2.57. The monoisotopic (exact) mass is 158 g/mol. The Morgan fingerprint density at radius 3 is 2.91 bits per heavy atom. The van der Waals surface area contributed by atoms with Crippen LogP contribution in [-0.4, -0.2) is 18.5 Å². The Bertz CT molecular complexity index is 179. The average Bonchev–Trinajstić information content (AvgIpc) is 2.38. The van der Waals surface area contributed by atoms with E-state index in [9.17, 15) is 4.39 Å². The van der Waals surface area contributed by atoms with Gasteiger partial charge >= 0.3 is 0 Å². The van der Waals surface area contributed by atoms with Gasteiger partial charge in [-0.1, -0.05) is 0 Å². The molecule has 0 bridgehead atoms. The van der Waals surface area contributed by atoms with Crippen molar-refractivity contribution in [1.82, 2.24) is 0 Å². The molecule has 11 heavy (non-hydrogen) atoms. The molecule has 3 nitrogen and oxygen atoms in total. The van der Waals surface area contributed by atoms with Crippen LogP contribution in [0.5, 0.6) is 0 Å². The van der Waals surface area contributed by atoms with Gasteiger partial charge in [-0.3, -0.25) is 0 Å². The van der Waals surface area contributed by atoms with E-state index in [1.807, 2.05) is 6.92 Å². The molecule has 0 aromatic rings. The maximum absolute atomic E-state index is 13.4. The molecular formula is C7H11FN2O. The second-order valence-corrected chi connectivity index (χ2v) is 2.36. The highest BCUT2D eigenvalue weighted by molar-refractivity contribution is 5.06. The molecule has 1 aliphatic heterocycles. The second-order valence-electron chi connectivity index (χ2n) is 2.36. The van der Waals surface area contributed by atoms with Gasteiger partial charge in [0.2, 0.25) is 0 Å². The quantitative estimate of drug-likeness (QED) is 0.579. The van der Waals surface area contributed by atoms with E-state index in [0.717, 1.165) is 0 Å². The maximum Gasteiger partial charge on any atom is 0.265 e. The predicted molar refractivity (Wildman–Crippen MR) is 38.9 cm³/mol. The standard InChI is InChI=1S/C7H11FN2O/c1-3-11-6(2)7(8)4-5-9-10-7/h4-6H,3H2,1-2H3. The van der Waals surface area contributed by atoms with E-state index >= 15 is 0 Å². The van der Waals surface area contributed by atoms with Crippen molar-refractivity contribution < 1.29 is 9.13 Å². The Hall–Kier alpha value is -0.770. The Morgan fingerprint density at radius 2 is 2.45 bits per heavy atom. The summed E-state index contributed by atoms with van der Waals surface area (Å²) < 4.78 is 18.5. The molecule has 0 saturated heterocycles. The zero-order valence-electron chi connectivity index (χ0n) is 6.62. The largest absolute Gasteiger partial charge is 0.373 e. The van der Waals surface area contributed by atoms with Crippen LogP contribution in [0.25, 0.3) is 0 Å². The molecule has 0 aliphatic carbocycles. The smallest absolute Gasteiger partial charge is 0.265 e. The van der Waals surface area contributed by atoms with E-state index in [1.165, 1.54) is 12.3 Å². The third-order valence-corrected chi connectivity index (χ3v) is 1.57. The van der Waals surface area contributed by atoms with Gasteiger partial charge in [-0.2, -0.15) is 5.11 Å². The van der Waals surface area contributed by atoms with Gasteiger partial charge in [0.05, 0.1) is 6.20 Å². The Kier molecular flexibility index (Phi) is 2.34. The van der Waals surface area contributed by atoms with Crippen molar-refractivity contribution in [2.24, 2.45) is 10.2 Å². The minimum absolute atomic E-state index is 0.482. The summed E-state index contributed by atoms with van der Waals surface area (Å²) in [7, 11) is 0. The predicted octanol–water partition coefficient (Wildman–Crippen LogP) is 2.06. The van der Waals surface area contributed by atoms with Gasteiger partial charge in [-0.15, -0.1) is 5.11 Å². The van der Waals surface area contributed by atoms with Crippen LogP contribution < -0.4 is 0 Å². The van der Waals surface area contributed by atoms with Gasteiger partial charge in [-0.25, -0.2) is 4.39 Å². The topological polar surface area (TPSA) is 34.0 Å². The lowest BCUT2D eigenvalue weighted by molar-refractivity contribution is -0.0170. The van der Waals surface area contributed by atoms with E-state index in [-0.39, 0.29) is 0 Å². The van der Waals surface area contributed by atoms with Crippen LogP contribution in [0.4, 0.5) is 4.39 Å². The van der Waals surface area contributed by atoms with Crippen molar-refractivity contribution in [1.29, 1.82) is 0 Å². The molecule has 0 amide bonds. The van der Waals surface area contributed by atoms with Crippen LogP contribution in [0.3, 0.4) is 0 Å². The summed E-state index contributed by atoms with van der Waals surface area (Å²) in [4.78, 5) is 0. The highest BCUT2D eigenvalue weighted by Crippen LogP contribution is 2.26. The van der Waals surface area contributed by atoms with Crippen LogP contribution >= 0.6 is 0 Å². The van der Waals surface area contributed by atoms with Crippen LogP contribution in [0.15, 0.2) is 22.5 Å². The van der Waals surface area contributed by atoms with E-state index < -0.39 is 11.9 Å². The van der Waals surface area contributed by atoms with Gasteiger partial charge in [-0.05, 0) is 19.9 Å². The van der Waals surface area contributed by atoms with Crippen LogP contribution in [0.2, 0.25) is 0 Å². The van der Waals surface area contributed by atoms with Gasteiger partial charge < -0.3 is 4.74 Å². The molecule has 4 heteroatoms. The molecular weight excluding hydrogens is 147 g/mol. The molecule has 1 aliphatic rings. The number of hydrogen-bond donors (Lipinski definition) is 0. The highest BCUT2D eigenvalue weighted by atomic mass is 19.1. The van der Waals surface area contributed by atoms with Gasteiger partial charge in [0.25, 0.3) is 5.79 Å². The minimum atomic E-state index is -1.74. The van der Waals surface area contributed by atoms with Crippen LogP contribution in [0, 0.1) is 0 Å². The van der Waals surface area contributed by atoms with Gasteiger partial charge in [0, 0.05) is 6.61 Å². The summed E-state index contributed by atoms with van der Waals surface area (Å²) >= 11 is 0. The molecule has 1 heterocycles. The third kappa shape index (κ3) is 1.63. The first-order valence-electron chi connectivity index (χ1n) is 3.59. The zero-order chi connectivity index (χ0) is 8.32. The number of ether oxygens (including phenoxy) is 1. The molecule has 62 valence electrons. The molecule has 0 saturated carbocycles. The Labute approximate surface area is 65.0 Å². The molecule has 0 N–H and O–H groups in total. The zero-order valence-corrected chi connectivity index (χ0v) is 6.62. The number of rotatable bonds is 3. The van der Waals surface area contributed by atoms with E-state index in [2.05, 4.69) is 10.2 Å². The lowest BCUT2D eigenvalue weighted by atomic mass is 10.1. The number of hydrogen-bond acceptors (Lipinski definition) is 3. The molecule has 0 fully saturated rings. The van der Waals surface area contributed by atoms with Crippen molar-refractivity contribution in [2.75, 3.05) is 6.61 Å². The van der Waals surface area contributed by atoms with E-state index in [1.54, 1.807) is 6.92 Å². The lowest BCUT2D eigenvalue weighted by Crippen LogP contribution is -2.32. The van der Waals surface area contributed by atoms with Crippen LogP contribution in [0.1, 0.15) is 13.8 Å². The highest BCUT2D eigenvalue weighted by Gasteiger charge is 2.36. The third-order valence-electron chi connectivity index (χ3n) is 1.57. The fraction of sp³-hybridized carbons (Fsp3) is 0.714. The van der Waals surface area contributed by atoms with Crippen molar-refractivity contribution in [3.63, 3.8) is 0 Å². The molecule has 0 spiro atoms. The van der Waals surface area contributed by atoms with Crippen molar-refractivity contribution in [2.45, 2.75) is 25.7 Å². The van der Waals surface area contributed by atoms with Gasteiger partial charge in [0.1, 0.15) is 6.10 Å². The summed E-state index contributed by atoms with van der Waals surface area (Å²) in [5, 5.41) is 6.84. The Morgan fingerprint density at radius 1 is 1.73 bits per heavy atom. The molecule has 0 radical (unpaired) electrons. The molecule has 0 aromatic heterocycles. The summed E-state index contributed by atoms with van der Waals surface area (Å²) in [6.45, 7) is 3.93. The summed E-state index contributed by atoms with van der Waals surface area (Å²) in [5.74, 6) is -1.74. The van der Waals surface area contributed by atoms with Crippen molar-refractivity contribution in [3.05, 3.63) is 12.3 Å². The molecule has 2 atom stereocenters. The first kappa shape index (κ1) is 8.33. The minimum Gasteiger partial charge on any atom is -0.373 e. The van der Waals surface area contributed by atoms with Crippen molar-refractivity contribution >= 4 is 0 Å². The van der Waals surface area contributed by atoms with E-state index in [4.69, 9.17) is 4.74 Å². The van der Waals surface area contributed by atoms with Crippen molar-refractivity contribution in [3.8, 4) is 0 Å². The number of alkyl halides is 1. The normalized spacial score (nSPS) is 31.2. The number of nitrogens with zero attached hydrogens (tertiary/aromatic N) is 2. The molecule has 2 unspecified atom stereocenters. The molecule has 0 aromatic carbocycles. The summed E-state index contributed by atoms with van der Waals surface area (Å²) in [6.07, 6.45) is 2.08.